The number of carboxylic acids is 1. The molecule has 0 fully saturated rings. The maximum Gasteiger partial charge on any atom is 0.326 e. The number of aromatic nitrogens is 1. The molecule has 3 rings (SSSR count). The zero-order chi connectivity index (χ0) is 22.1. The van der Waals surface area contributed by atoms with E-state index in [4.69, 9.17) is 0 Å². The summed E-state index contributed by atoms with van der Waals surface area (Å²) < 4.78 is 0. The molecule has 0 radical (unpaired) electrons. The molecule has 3 N–H and O–H groups in total. The van der Waals surface area contributed by atoms with Crippen molar-refractivity contribution >= 4 is 23.6 Å². The number of benzene rings is 2. The molecule has 31 heavy (non-hydrogen) atoms. The van der Waals surface area contributed by atoms with Crippen molar-refractivity contribution in [2.75, 3.05) is 6.26 Å². The molecular weight excluding hydrogens is 410 g/mol. The van der Waals surface area contributed by atoms with Crippen LogP contribution in [-0.2, 0) is 11.3 Å². The summed E-state index contributed by atoms with van der Waals surface area (Å²) in [5.74, 6) is -1.47. The number of rotatable bonds is 10. The minimum Gasteiger partial charge on any atom is -0.480 e. The highest BCUT2D eigenvalue weighted by Gasteiger charge is 2.25. The van der Waals surface area contributed by atoms with Gasteiger partial charge < -0.3 is 15.7 Å². The zero-order valence-corrected chi connectivity index (χ0v) is 18.0. The second-order valence-electron chi connectivity index (χ2n) is 6.98. The molecular formula is C24H25N3O3S. The van der Waals surface area contributed by atoms with Gasteiger partial charge in [0.05, 0.1) is 5.37 Å². The second kappa shape index (κ2) is 11.3. The smallest absolute Gasteiger partial charge is 0.326 e. The molecule has 7 heteroatoms. The minimum atomic E-state index is -1.06. The third kappa shape index (κ3) is 6.41. The molecule has 0 spiro atoms. The summed E-state index contributed by atoms with van der Waals surface area (Å²) in [6, 6.07) is 19.6. The average molecular weight is 436 g/mol. The number of thioether (sulfide) groups is 1. The number of carbonyl (C=O) groups excluding carboxylic acids is 1. The molecule has 0 saturated carbocycles. The summed E-state index contributed by atoms with van der Waals surface area (Å²) in [4.78, 5) is 29.0. The van der Waals surface area contributed by atoms with Gasteiger partial charge in [-0.15, -0.1) is 11.8 Å². The predicted octanol–water partition coefficient (Wildman–Crippen LogP) is 3.80. The Kier molecular flexibility index (Phi) is 8.20. The zero-order valence-electron chi connectivity index (χ0n) is 17.2. The monoisotopic (exact) mass is 435 g/mol. The van der Waals surface area contributed by atoms with E-state index < -0.39 is 17.9 Å². The highest BCUT2D eigenvalue weighted by Crippen LogP contribution is 2.23. The van der Waals surface area contributed by atoms with Crippen molar-refractivity contribution in [1.82, 2.24) is 15.6 Å². The summed E-state index contributed by atoms with van der Waals surface area (Å²) >= 11 is 1.51. The van der Waals surface area contributed by atoms with E-state index in [0.717, 1.165) is 16.7 Å². The van der Waals surface area contributed by atoms with Crippen LogP contribution in [0, 0.1) is 0 Å². The number of nitrogens with one attached hydrogen (secondary N) is 2. The number of carbonyl (C=O) groups is 2. The van der Waals surface area contributed by atoms with Gasteiger partial charge >= 0.3 is 5.97 Å². The Morgan fingerprint density at radius 2 is 1.77 bits per heavy atom. The largest absolute Gasteiger partial charge is 0.480 e. The van der Waals surface area contributed by atoms with E-state index in [1.54, 1.807) is 24.5 Å². The molecule has 3 aromatic rings. The first-order chi connectivity index (χ1) is 15.1. The first-order valence-electron chi connectivity index (χ1n) is 9.91. The minimum absolute atomic E-state index is 0.147. The normalized spacial score (nSPS) is 12.7. The number of hydrogen-bond donors (Lipinski definition) is 3. The van der Waals surface area contributed by atoms with Crippen LogP contribution in [0.15, 0.2) is 79.1 Å². The van der Waals surface area contributed by atoms with E-state index >= 15 is 0 Å². The molecule has 2 unspecified atom stereocenters. The van der Waals surface area contributed by atoms with Crippen molar-refractivity contribution in [3.8, 4) is 11.1 Å². The van der Waals surface area contributed by atoms with Crippen LogP contribution in [0.1, 0.15) is 22.3 Å². The van der Waals surface area contributed by atoms with Crippen LogP contribution < -0.4 is 10.6 Å². The fourth-order valence-electron chi connectivity index (χ4n) is 3.22. The van der Waals surface area contributed by atoms with Crippen molar-refractivity contribution < 1.29 is 14.7 Å². The fraction of sp³-hybridized carbons (Fsp3) is 0.208. The third-order valence-corrected chi connectivity index (χ3v) is 5.78. The number of hydrogen-bond acceptors (Lipinski definition) is 5. The lowest BCUT2D eigenvalue weighted by molar-refractivity contribution is -0.139. The Morgan fingerprint density at radius 1 is 1.03 bits per heavy atom. The summed E-state index contributed by atoms with van der Waals surface area (Å²) in [6.07, 6.45) is 5.63. The molecule has 0 aliphatic rings. The highest BCUT2D eigenvalue weighted by atomic mass is 32.2. The number of amides is 1. The maximum atomic E-state index is 13.0. The molecule has 1 aromatic heterocycles. The molecule has 2 atom stereocenters. The molecule has 0 aliphatic carbocycles. The van der Waals surface area contributed by atoms with Gasteiger partial charge in [-0.3, -0.25) is 9.78 Å². The van der Waals surface area contributed by atoms with Crippen LogP contribution in [0.4, 0.5) is 0 Å². The van der Waals surface area contributed by atoms with E-state index in [1.807, 2.05) is 60.9 Å². The van der Waals surface area contributed by atoms with Gasteiger partial charge in [-0.2, -0.15) is 0 Å². The van der Waals surface area contributed by atoms with Gasteiger partial charge in [-0.25, -0.2) is 4.79 Å². The maximum absolute atomic E-state index is 13.0. The van der Waals surface area contributed by atoms with Crippen molar-refractivity contribution in [1.29, 1.82) is 0 Å². The molecule has 1 amide bonds. The van der Waals surface area contributed by atoms with Gasteiger partial charge in [-0.05, 0) is 35.1 Å². The third-order valence-electron chi connectivity index (χ3n) is 4.85. The van der Waals surface area contributed by atoms with Crippen LogP contribution in [0.5, 0.6) is 0 Å². The molecule has 0 saturated heterocycles. The average Bonchev–Trinajstić information content (AvgIpc) is 2.82. The number of pyridine rings is 1. The number of aliphatic carboxylic acids is 1. The molecule has 6 nitrogen and oxygen atoms in total. The SMILES string of the molecule is CSC(CC(NC(=O)c1ccccc1-c1ccccc1)C(=O)O)NCc1cccnc1. The van der Waals surface area contributed by atoms with Crippen molar-refractivity contribution in [3.05, 3.63) is 90.3 Å². The van der Waals surface area contributed by atoms with Gasteiger partial charge in [0.25, 0.3) is 5.91 Å². The summed E-state index contributed by atoms with van der Waals surface area (Å²) in [7, 11) is 0. The molecule has 160 valence electrons. The van der Waals surface area contributed by atoms with Crippen LogP contribution >= 0.6 is 11.8 Å². The Labute approximate surface area is 186 Å². The van der Waals surface area contributed by atoms with Crippen LogP contribution in [0.3, 0.4) is 0 Å². The second-order valence-corrected chi connectivity index (χ2v) is 8.02. The van der Waals surface area contributed by atoms with Crippen LogP contribution in [-0.4, -0.2) is 39.6 Å². The van der Waals surface area contributed by atoms with E-state index in [-0.39, 0.29) is 11.8 Å². The molecule has 1 heterocycles. The predicted molar refractivity (Wildman–Crippen MR) is 124 cm³/mol. The van der Waals surface area contributed by atoms with Gasteiger partial charge in [0.1, 0.15) is 6.04 Å². The Bertz CT molecular complexity index is 999. The number of nitrogens with zero attached hydrogens (tertiary/aromatic N) is 1. The van der Waals surface area contributed by atoms with Crippen molar-refractivity contribution in [2.24, 2.45) is 0 Å². The lowest BCUT2D eigenvalue weighted by atomic mass is 9.99. The van der Waals surface area contributed by atoms with E-state index in [9.17, 15) is 14.7 Å². The van der Waals surface area contributed by atoms with Gasteiger partial charge in [-0.1, -0.05) is 54.6 Å². The summed E-state index contributed by atoms with van der Waals surface area (Å²) in [6.45, 7) is 0.566. The highest BCUT2D eigenvalue weighted by molar-refractivity contribution is 7.99. The Balaban J connectivity index is 1.70. The topological polar surface area (TPSA) is 91.3 Å². The van der Waals surface area contributed by atoms with E-state index in [0.29, 0.717) is 12.1 Å². The lowest BCUT2D eigenvalue weighted by Crippen LogP contribution is -2.44. The Morgan fingerprint density at radius 3 is 2.45 bits per heavy atom. The van der Waals surface area contributed by atoms with Crippen molar-refractivity contribution in [2.45, 2.75) is 24.4 Å². The first kappa shape index (κ1) is 22.5. The quantitative estimate of drug-likeness (QED) is 0.420. The van der Waals surface area contributed by atoms with Gasteiger partial charge in [0.15, 0.2) is 0 Å². The van der Waals surface area contributed by atoms with Gasteiger partial charge in [0.2, 0.25) is 0 Å². The summed E-state index contributed by atoms with van der Waals surface area (Å²) in [5, 5.41) is 15.6. The van der Waals surface area contributed by atoms with Crippen LogP contribution in [0.2, 0.25) is 0 Å². The molecule has 0 aliphatic heterocycles. The van der Waals surface area contributed by atoms with E-state index in [1.165, 1.54) is 11.8 Å². The van der Waals surface area contributed by atoms with Gasteiger partial charge in [0, 0.05) is 30.9 Å². The Hall–Kier alpha value is -3.16. The molecule has 2 aromatic carbocycles. The first-order valence-corrected chi connectivity index (χ1v) is 11.2. The lowest BCUT2D eigenvalue weighted by Gasteiger charge is -2.22. The standard InChI is InChI=1S/C24H25N3O3S/c1-31-22(26-16-17-8-7-13-25-15-17)14-21(24(29)30)27-23(28)20-12-6-5-11-19(20)18-9-3-2-4-10-18/h2-13,15,21-22,26H,14,16H2,1H3,(H,27,28)(H,29,30). The summed E-state index contributed by atoms with van der Waals surface area (Å²) in [5.41, 5.74) is 3.12. The van der Waals surface area contributed by atoms with E-state index in [2.05, 4.69) is 15.6 Å². The fourth-order valence-corrected chi connectivity index (χ4v) is 3.85. The molecule has 0 bridgehead atoms. The number of carboxylic acid groups (broad SMARTS) is 1. The van der Waals surface area contributed by atoms with Crippen molar-refractivity contribution in [3.63, 3.8) is 0 Å². The van der Waals surface area contributed by atoms with Crippen LogP contribution in [0.25, 0.3) is 11.1 Å².